The van der Waals surface area contributed by atoms with Crippen LogP contribution >= 0.6 is 11.6 Å². The summed E-state index contributed by atoms with van der Waals surface area (Å²) < 4.78 is 37.3. The minimum absolute atomic E-state index is 0.00652. The molecule has 0 radical (unpaired) electrons. The Kier molecular flexibility index (Phi) is 4.78. The Labute approximate surface area is 109 Å². The zero-order valence-corrected chi connectivity index (χ0v) is 11.2. The molecule has 1 heterocycles. The smallest absolute Gasteiger partial charge is 0.348 e. The molecule has 0 aliphatic heterocycles. The van der Waals surface area contributed by atoms with Crippen LogP contribution in [0.15, 0.2) is 6.07 Å². The lowest BCUT2D eigenvalue weighted by Crippen LogP contribution is -2.34. The van der Waals surface area contributed by atoms with Gasteiger partial charge in [0.2, 0.25) is 0 Å². The standard InChI is InChI=1S/C11H15ClF3N3/c1-4-18(6-11(13,14)15)9-5-8(12)16-10(17-9)7(2)3/h5,7H,4,6H2,1-3H3. The fraction of sp³-hybridized carbons (Fsp3) is 0.636. The Morgan fingerprint density at radius 2 is 1.94 bits per heavy atom. The summed E-state index contributed by atoms with van der Waals surface area (Å²) in [5, 5.41) is 0.157. The molecule has 18 heavy (non-hydrogen) atoms. The number of alkyl halides is 3. The third-order valence-corrected chi connectivity index (χ3v) is 2.48. The summed E-state index contributed by atoms with van der Waals surface area (Å²) >= 11 is 5.81. The van der Waals surface area contributed by atoms with Gasteiger partial charge in [0.1, 0.15) is 23.3 Å². The van der Waals surface area contributed by atoms with Crippen molar-refractivity contribution in [2.24, 2.45) is 0 Å². The fourth-order valence-corrected chi connectivity index (χ4v) is 1.60. The summed E-state index contributed by atoms with van der Waals surface area (Å²) in [5.41, 5.74) is 0. The van der Waals surface area contributed by atoms with E-state index in [0.717, 1.165) is 4.90 Å². The highest BCUT2D eigenvalue weighted by molar-refractivity contribution is 6.29. The van der Waals surface area contributed by atoms with Crippen molar-refractivity contribution in [3.63, 3.8) is 0 Å². The SMILES string of the molecule is CCN(CC(F)(F)F)c1cc(Cl)nc(C(C)C)n1. The average molecular weight is 282 g/mol. The van der Waals surface area contributed by atoms with Gasteiger partial charge in [-0.25, -0.2) is 9.97 Å². The maximum Gasteiger partial charge on any atom is 0.405 e. The van der Waals surface area contributed by atoms with Crippen LogP contribution in [-0.4, -0.2) is 29.2 Å². The maximum atomic E-state index is 12.4. The lowest BCUT2D eigenvalue weighted by Gasteiger charge is -2.24. The number of nitrogens with zero attached hydrogens (tertiary/aromatic N) is 3. The molecule has 0 saturated carbocycles. The van der Waals surface area contributed by atoms with Gasteiger partial charge in [-0.3, -0.25) is 0 Å². The van der Waals surface area contributed by atoms with Crippen LogP contribution in [0.1, 0.15) is 32.5 Å². The zero-order valence-electron chi connectivity index (χ0n) is 10.4. The highest BCUT2D eigenvalue weighted by Gasteiger charge is 2.31. The monoisotopic (exact) mass is 281 g/mol. The quantitative estimate of drug-likeness (QED) is 0.789. The Morgan fingerprint density at radius 1 is 1.33 bits per heavy atom. The van der Waals surface area contributed by atoms with Gasteiger partial charge < -0.3 is 4.90 Å². The highest BCUT2D eigenvalue weighted by atomic mass is 35.5. The summed E-state index contributed by atoms with van der Waals surface area (Å²) in [7, 11) is 0. The van der Waals surface area contributed by atoms with Crippen LogP contribution < -0.4 is 4.90 Å². The summed E-state index contributed by atoms with van der Waals surface area (Å²) in [6, 6.07) is 1.35. The van der Waals surface area contributed by atoms with Gasteiger partial charge in [-0.2, -0.15) is 13.2 Å². The summed E-state index contributed by atoms with van der Waals surface area (Å²) in [6.45, 7) is 4.50. The number of aromatic nitrogens is 2. The molecule has 0 aliphatic carbocycles. The minimum Gasteiger partial charge on any atom is -0.348 e. The molecule has 1 aromatic rings. The lowest BCUT2D eigenvalue weighted by atomic mass is 10.2. The largest absolute Gasteiger partial charge is 0.405 e. The van der Waals surface area contributed by atoms with E-state index in [1.807, 2.05) is 13.8 Å². The van der Waals surface area contributed by atoms with Crippen molar-refractivity contribution in [2.45, 2.75) is 32.9 Å². The maximum absolute atomic E-state index is 12.4. The van der Waals surface area contributed by atoms with Crippen molar-refractivity contribution >= 4 is 17.4 Å². The van der Waals surface area contributed by atoms with E-state index in [1.54, 1.807) is 6.92 Å². The first-order valence-corrected chi connectivity index (χ1v) is 5.97. The molecule has 102 valence electrons. The molecule has 0 saturated heterocycles. The molecule has 0 fully saturated rings. The van der Waals surface area contributed by atoms with Crippen molar-refractivity contribution in [1.29, 1.82) is 0 Å². The summed E-state index contributed by atoms with van der Waals surface area (Å²) in [4.78, 5) is 9.24. The van der Waals surface area contributed by atoms with Gasteiger partial charge in [-0.05, 0) is 6.92 Å². The number of hydrogen-bond donors (Lipinski definition) is 0. The van der Waals surface area contributed by atoms with E-state index in [4.69, 9.17) is 11.6 Å². The van der Waals surface area contributed by atoms with E-state index < -0.39 is 12.7 Å². The van der Waals surface area contributed by atoms with Crippen LogP contribution in [-0.2, 0) is 0 Å². The van der Waals surface area contributed by atoms with Crippen LogP contribution in [0, 0.1) is 0 Å². The lowest BCUT2D eigenvalue weighted by molar-refractivity contribution is -0.119. The van der Waals surface area contributed by atoms with Crippen LogP contribution in [0.25, 0.3) is 0 Å². The van der Waals surface area contributed by atoms with E-state index >= 15 is 0 Å². The predicted molar refractivity (Wildman–Crippen MR) is 65.1 cm³/mol. The minimum atomic E-state index is -4.27. The molecule has 0 unspecified atom stereocenters. The van der Waals surface area contributed by atoms with Crippen molar-refractivity contribution in [3.8, 4) is 0 Å². The van der Waals surface area contributed by atoms with Gasteiger partial charge in [-0.1, -0.05) is 25.4 Å². The average Bonchev–Trinajstić information content (AvgIpc) is 2.23. The predicted octanol–water partition coefficient (Wildman–Crippen LogP) is 3.64. The number of hydrogen-bond acceptors (Lipinski definition) is 3. The Hall–Kier alpha value is -1.04. The van der Waals surface area contributed by atoms with E-state index in [-0.39, 0.29) is 23.4 Å². The normalized spacial score (nSPS) is 12.0. The van der Waals surface area contributed by atoms with Gasteiger partial charge in [0.05, 0.1) is 0 Å². The second kappa shape index (κ2) is 5.73. The van der Waals surface area contributed by atoms with E-state index in [0.29, 0.717) is 5.82 Å². The number of rotatable bonds is 4. The van der Waals surface area contributed by atoms with Crippen LogP contribution in [0.5, 0.6) is 0 Å². The van der Waals surface area contributed by atoms with Crippen LogP contribution in [0.4, 0.5) is 19.0 Å². The molecular formula is C11H15ClF3N3. The summed E-state index contributed by atoms with van der Waals surface area (Å²) in [6.07, 6.45) is -4.27. The molecular weight excluding hydrogens is 267 g/mol. The van der Waals surface area contributed by atoms with Gasteiger partial charge in [0, 0.05) is 18.5 Å². The van der Waals surface area contributed by atoms with E-state index in [9.17, 15) is 13.2 Å². The molecule has 0 aromatic carbocycles. The van der Waals surface area contributed by atoms with Gasteiger partial charge >= 0.3 is 6.18 Å². The molecule has 0 aliphatic rings. The molecule has 0 atom stereocenters. The second-order valence-electron chi connectivity index (χ2n) is 4.19. The molecule has 0 amide bonds. The van der Waals surface area contributed by atoms with Gasteiger partial charge in [-0.15, -0.1) is 0 Å². The Bertz CT molecular complexity index is 407. The van der Waals surface area contributed by atoms with E-state index in [1.165, 1.54) is 6.07 Å². The Balaban J connectivity index is 3.05. The van der Waals surface area contributed by atoms with Gasteiger partial charge in [0.25, 0.3) is 0 Å². The van der Waals surface area contributed by atoms with Crippen LogP contribution in [0.2, 0.25) is 5.15 Å². The molecule has 0 N–H and O–H groups in total. The molecule has 0 bridgehead atoms. The first-order valence-electron chi connectivity index (χ1n) is 5.59. The fourth-order valence-electron chi connectivity index (χ4n) is 1.41. The highest BCUT2D eigenvalue weighted by Crippen LogP contribution is 2.23. The number of halogens is 4. The second-order valence-corrected chi connectivity index (χ2v) is 4.58. The van der Waals surface area contributed by atoms with Crippen molar-refractivity contribution in [3.05, 3.63) is 17.0 Å². The zero-order chi connectivity index (χ0) is 13.9. The van der Waals surface area contributed by atoms with Gasteiger partial charge in [0.15, 0.2) is 0 Å². The molecule has 3 nitrogen and oxygen atoms in total. The molecule has 1 rings (SSSR count). The molecule has 0 spiro atoms. The third kappa shape index (κ3) is 4.33. The first kappa shape index (κ1) is 15.0. The third-order valence-electron chi connectivity index (χ3n) is 2.29. The first-order chi connectivity index (χ1) is 8.23. The summed E-state index contributed by atoms with van der Waals surface area (Å²) in [5.74, 6) is 0.656. The molecule has 1 aromatic heterocycles. The van der Waals surface area contributed by atoms with Crippen molar-refractivity contribution < 1.29 is 13.2 Å². The van der Waals surface area contributed by atoms with E-state index in [2.05, 4.69) is 9.97 Å². The van der Waals surface area contributed by atoms with Crippen molar-refractivity contribution in [2.75, 3.05) is 18.0 Å². The topological polar surface area (TPSA) is 29.0 Å². The van der Waals surface area contributed by atoms with Crippen LogP contribution in [0.3, 0.4) is 0 Å². The Morgan fingerprint density at radius 3 is 2.39 bits per heavy atom. The van der Waals surface area contributed by atoms with Crippen molar-refractivity contribution in [1.82, 2.24) is 9.97 Å². The number of anilines is 1. The molecule has 7 heteroatoms.